The van der Waals surface area contributed by atoms with Gasteiger partial charge in [0.1, 0.15) is 0 Å². The maximum absolute atomic E-state index is 13.1. The lowest BCUT2D eigenvalue weighted by Gasteiger charge is -2.30. The number of dihydropyridines is 1. The molecule has 0 amide bonds. The zero-order valence-electron chi connectivity index (χ0n) is 16.7. The standard InChI is InChI=1S/C23H25N3O2/c1-6-9-19-21(23(27)28-14(2)3)20(22(24-5)15(4)26-19)17-12-13-25-18-11-8-7-10-16(17)18/h7-8,10-14,20,26H,6,9H2,1-4H3. The molecule has 2 aromatic rings. The minimum Gasteiger partial charge on any atom is -0.460 e. The molecular weight excluding hydrogens is 350 g/mol. The first-order valence-corrected chi connectivity index (χ1v) is 9.60. The number of pyridine rings is 1. The molecule has 1 atom stereocenters. The molecule has 3 rings (SSSR count). The van der Waals surface area contributed by atoms with Crippen molar-refractivity contribution in [3.63, 3.8) is 0 Å². The molecule has 1 aromatic carbocycles. The van der Waals surface area contributed by atoms with Gasteiger partial charge in [-0.1, -0.05) is 31.5 Å². The van der Waals surface area contributed by atoms with Crippen LogP contribution in [-0.2, 0) is 9.53 Å². The number of fused-ring (bicyclic) bond motifs is 1. The fourth-order valence-electron chi connectivity index (χ4n) is 3.67. The van der Waals surface area contributed by atoms with Gasteiger partial charge in [-0.2, -0.15) is 0 Å². The van der Waals surface area contributed by atoms with Crippen LogP contribution in [0.3, 0.4) is 0 Å². The summed E-state index contributed by atoms with van der Waals surface area (Å²) in [4.78, 5) is 21.4. The van der Waals surface area contributed by atoms with Gasteiger partial charge in [-0.15, -0.1) is 0 Å². The minimum atomic E-state index is -0.473. The number of aromatic nitrogens is 1. The number of ether oxygens (including phenoxy) is 1. The first-order valence-electron chi connectivity index (χ1n) is 9.60. The summed E-state index contributed by atoms with van der Waals surface area (Å²) in [5, 5.41) is 4.24. The third-order valence-corrected chi connectivity index (χ3v) is 4.79. The third kappa shape index (κ3) is 3.63. The van der Waals surface area contributed by atoms with Crippen molar-refractivity contribution in [2.24, 2.45) is 0 Å². The SMILES string of the molecule is [C-]#[N+]C1=C(C)NC(CCC)=C(C(=O)OC(C)C)C1c1ccnc2ccccc12. The fourth-order valence-corrected chi connectivity index (χ4v) is 3.67. The topological polar surface area (TPSA) is 55.6 Å². The highest BCUT2D eigenvalue weighted by Gasteiger charge is 2.36. The highest BCUT2D eigenvalue weighted by molar-refractivity contribution is 5.95. The van der Waals surface area contributed by atoms with E-state index in [4.69, 9.17) is 11.3 Å². The van der Waals surface area contributed by atoms with Crippen LogP contribution >= 0.6 is 0 Å². The summed E-state index contributed by atoms with van der Waals surface area (Å²) in [6, 6.07) is 9.72. The van der Waals surface area contributed by atoms with E-state index in [0.717, 1.165) is 34.3 Å². The molecule has 28 heavy (non-hydrogen) atoms. The number of carbonyl (C=O) groups excluding carboxylic acids is 1. The van der Waals surface area contributed by atoms with Gasteiger partial charge < -0.3 is 10.1 Å². The molecule has 0 fully saturated rings. The van der Waals surface area contributed by atoms with E-state index in [0.29, 0.717) is 17.7 Å². The number of rotatable bonds is 5. The maximum Gasteiger partial charge on any atom is 0.335 e. The van der Waals surface area contributed by atoms with Crippen LogP contribution < -0.4 is 5.32 Å². The van der Waals surface area contributed by atoms with E-state index in [1.165, 1.54) is 0 Å². The van der Waals surface area contributed by atoms with E-state index >= 15 is 0 Å². The summed E-state index contributed by atoms with van der Waals surface area (Å²) in [5.41, 5.74) is 4.42. The van der Waals surface area contributed by atoms with E-state index in [1.807, 2.05) is 51.1 Å². The zero-order chi connectivity index (χ0) is 20.3. The van der Waals surface area contributed by atoms with Crippen LogP contribution in [0.1, 0.15) is 52.0 Å². The van der Waals surface area contributed by atoms with Crippen LogP contribution in [0.25, 0.3) is 15.7 Å². The highest BCUT2D eigenvalue weighted by Crippen LogP contribution is 2.42. The molecule has 0 aliphatic carbocycles. The van der Waals surface area contributed by atoms with Crippen molar-refractivity contribution in [3.8, 4) is 0 Å². The molecule has 1 aliphatic heterocycles. The molecule has 2 heterocycles. The highest BCUT2D eigenvalue weighted by atomic mass is 16.5. The molecule has 1 unspecified atom stereocenters. The van der Waals surface area contributed by atoms with Gasteiger partial charge in [0.15, 0.2) is 5.70 Å². The van der Waals surface area contributed by atoms with E-state index in [2.05, 4.69) is 22.1 Å². The molecule has 0 saturated heterocycles. The lowest BCUT2D eigenvalue weighted by atomic mass is 9.82. The molecule has 0 spiro atoms. The molecule has 5 nitrogen and oxygen atoms in total. The number of nitrogens with zero attached hydrogens (tertiary/aromatic N) is 2. The summed E-state index contributed by atoms with van der Waals surface area (Å²) < 4.78 is 5.58. The van der Waals surface area contributed by atoms with E-state index in [9.17, 15) is 4.79 Å². The molecule has 0 radical (unpaired) electrons. The first-order chi connectivity index (χ1) is 13.5. The van der Waals surface area contributed by atoms with Crippen molar-refractivity contribution < 1.29 is 9.53 Å². The number of allylic oxidation sites excluding steroid dienone is 3. The lowest BCUT2D eigenvalue weighted by molar-refractivity contribution is -0.143. The summed E-state index contributed by atoms with van der Waals surface area (Å²) in [6.07, 6.45) is 3.10. The first kappa shape index (κ1) is 19.6. The maximum atomic E-state index is 13.1. The Morgan fingerprint density at radius 3 is 2.75 bits per heavy atom. The molecule has 5 heteroatoms. The second-order valence-electron chi connectivity index (χ2n) is 7.19. The predicted octanol–water partition coefficient (Wildman–Crippen LogP) is 5.08. The van der Waals surface area contributed by atoms with Crippen LogP contribution in [0, 0.1) is 6.57 Å². The van der Waals surface area contributed by atoms with Crippen LogP contribution in [-0.4, -0.2) is 17.1 Å². The van der Waals surface area contributed by atoms with Gasteiger partial charge in [-0.05, 0) is 44.9 Å². The zero-order valence-corrected chi connectivity index (χ0v) is 16.7. The Kier molecular flexibility index (Phi) is 5.79. The Bertz CT molecular complexity index is 1010. The van der Waals surface area contributed by atoms with Crippen molar-refractivity contribution >= 4 is 16.9 Å². The molecule has 1 N–H and O–H groups in total. The van der Waals surface area contributed by atoms with Gasteiger partial charge in [0.2, 0.25) is 0 Å². The van der Waals surface area contributed by atoms with Crippen molar-refractivity contribution in [2.75, 3.05) is 0 Å². The Balaban J connectivity index is 2.28. The molecular formula is C23H25N3O2. The quantitative estimate of drug-likeness (QED) is 0.585. The Morgan fingerprint density at radius 1 is 1.32 bits per heavy atom. The average Bonchev–Trinajstić information content (AvgIpc) is 2.66. The Morgan fingerprint density at radius 2 is 2.07 bits per heavy atom. The molecule has 1 aromatic heterocycles. The van der Waals surface area contributed by atoms with Crippen molar-refractivity contribution in [1.82, 2.24) is 10.3 Å². The monoisotopic (exact) mass is 375 g/mol. The number of esters is 1. The van der Waals surface area contributed by atoms with Crippen molar-refractivity contribution in [3.05, 3.63) is 76.2 Å². The fraction of sp³-hybridized carbons (Fsp3) is 0.348. The number of hydrogen-bond donors (Lipinski definition) is 1. The van der Waals surface area contributed by atoms with E-state index < -0.39 is 5.92 Å². The largest absolute Gasteiger partial charge is 0.460 e. The third-order valence-electron chi connectivity index (χ3n) is 4.79. The predicted molar refractivity (Wildman–Crippen MR) is 110 cm³/mol. The van der Waals surface area contributed by atoms with Crippen LogP contribution in [0.2, 0.25) is 0 Å². The van der Waals surface area contributed by atoms with Gasteiger partial charge in [0, 0.05) is 23.0 Å². The Hall–Kier alpha value is -3.13. The Labute approximate surface area is 165 Å². The van der Waals surface area contributed by atoms with E-state index in [-0.39, 0.29) is 12.1 Å². The van der Waals surface area contributed by atoms with Gasteiger partial charge in [0.25, 0.3) is 0 Å². The summed E-state index contributed by atoms with van der Waals surface area (Å²) in [7, 11) is 0. The van der Waals surface area contributed by atoms with Gasteiger partial charge in [0.05, 0.1) is 29.7 Å². The summed E-state index contributed by atoms with van der Waals surface area (Å²) >= 11 is 0. The van der Waals surface area contributed by atoms with Crippen LogP contribution in [0.15, 0.2) is 59.2 Å². The van der Waals surface area contributed by atoms with Gasteiger partial charge >= 0.3 is 5.97 Å². The average molecular weight is 375 g/mol. The molecule has 144 valence electrons. The smallest absolute Gasteiger partial charge is 0.335 e. The lowest BCUT2D eigenvalue weighted by Crippen LogP contribution is -2.30. The molecule has 0 saturated carbocycles. The van der Waals surface area contributed by atoms with E-state index in [1.54, 1.807) is 6.20 Å². The van der Waals surface area contributed by atoms with Crippen LogP contribution in [0.4, 0.5) is 0 Å². The number of benzene rings is 1. The normalized spacial score (nSPS) is 16.9. The second-order valence-corrected chi connectivity index (χ2v) is 7.19. The van der Waals surface area contributed by atoms with Crippen molar-refractivity contribution in [1.29, 1.82) is 0 Å². The van der Waals surface area contributed by atoms with Crippen molar-refractivity contribution in [2.45, 2.75) is 52.6 Å². The second kappa shape index (κ2) is 8.26. The number of carbonyl (C=O) groups is 1. The van der Waals surface area contributed by atoms with Gasteiger partial charge in [-0.25, -0.2) is 9.64 Å². The van der Waals surface area contributed by atoms with Crippen LogP contribution in [0.5, 0.6) is 0 Å². The number of nitrogens with one attached hydrogen (secondary N) is 1. The molecule has 0 bridgehead atoms. The molecule has 1 aliphatic rings. The number of hydrogen-bond acceptors (Lipinski definition) is 4. The summed E-state index contributed by atoms with van der Waals surface area (Å²) in [5.74, 6) is -0.843. The van der Waals surface area contributed by atoms with Gasteiger partial charge in [-0.3, -0.25) is 4.98 Å². The minimum absolute atomic E-state index is 0.235. The summed E-state index contributed by atoms with van der Waals surface area (Å²) in [6.45, 7) is 15.4. The number of para-hydroxylation sites is 1.